The van der Waals surface area contributed by atoms with E-state index in [-0.39, 0.29) is 5.56 Å². The maximum absolute atomic E-state index is 12.9. The van der Waals surface area contributed by atoms with E-state index in [1.165, 1.54) is 4.73 Å². The van der Waals surface area contributed by atoms with Gasteiger partial charge in [-0.25, -0.2) is 4.79 Å². The van der Waals surface area contributed by atoms with Gasteiger partial charge in [0.2, 0.25) is 0 Å². The van der Waals surface area contributed by atoms with Crippen LogP contribution in [-0.4, -0.2) is 10.7 Å². The van der Waals surface area contributed by atoms with E-state index < -0.39 is 11.4 Å². The molecule has 2 rings (SSSR count). The smallest absolute Gasteiger partial charge is 0.333 e. The second-order valence-corrected chi connectivity index (χ2v) is 7.20. The topological polar surface area (TPSA) is 48.3 Å². The van der Waals surface area contributed by atoms with E-state index in [2.05, 4.69) is 13.8 Å². The summed E-state index contributed by atoms with van der Waals surface area (Å²) in [6.07, 6.45) is 3.39. The molecule has 0 saturated heterocycles. The number of benzene rings is 1. The van der Waals surface area contributed by atoms with Crippen LogP contribution in [0.2, 0.25) is 0 Å². The van der Waals surface area contributed by atoms with Gasteiger partial charge in [0.1, 0.15) is 0 Å². The van der Waals surface area contributed by atoms with Gasteiger partial charge in [0.25, 0.3) is 5.56 Å². The molecule has 0 saturated carbocycles. The number of nitrogens with zero attached hydrogens (tertiary/aromatic N) is 1. The zero-order valence-corrected chi connectivity index (χ0v) is 15.3. The number of hydrogen-bond donors (Lipinski definition) is 0. The first-order chi connectivity index (χ1) is 11.3. The Morgan fingerprint density at radius 1 is 1.04 bits per heavy atom. The molecule has 24 heavy (non-hydrogen) atoms. The molecule has 1 heterocycles. The molecule has 130 valence electrons. The van der Waals surface area contributed by atoms with Gasteiger partial charge in [-0.3, -0.25) is 4.79 Å². The highest BCUT2D eigenvalue weighted by atomic mass is 16.7. The van der Waals surface area contributed by atoms with Gasteiger partial charge in [0.15, 0.2) is 0 Å². The standard InChI is InChI=1S/C20H27NO3/c1-6-10-15-14-12-8-9-13-16(14)18(22)21(17(15)11-7-2)24-19(23)20(3,4)5/h8-9,12-13H,6-7,10-11H2,1-5H3. The molecule has 0 aliphatic carbocycles. The molecule has 0 spiro atoms. The highest BCUT2D eigenvalue weighted by molar-refractivity contribution is 5.86. The van der Waals surface area contributed by atoms with Crippen LogP contribution in [0.3, 0.4) is 0 Å². The van der Waals surface area contributed by atoms with E-state index in [1.807, 2.05) is 18.2 Å². The fourth-order valence-electron chi connectivity index (χ4n) is 2.78. The molecule has 4 nitrogen and oxygen atoms in total. The van der Waals surface area contributed by atoms with Crippen LogP contribution in [0, 0.1) is 5.41 Å². The van der Waals surface area contributed by atoms with Gasteiger partial charge in [0.05, 0.1) is 16.5 Å². The number of fused-ring (bicyclic) bond motifs is 1. The molecule has 0 aliphatic rings. The molecule has 0 fully saturated rings. The van der Waals surface area contributed by atoms with Crippen molar-refractivity contribution in [3.63, 3.8) is 0 Å². The Morgan fingerprint density at radius 2 is 1.62 bits per heavy atom. The second-order valence-electron chi connectivity index (χ2n) is 7.20. The predicted molar refractivity (Wildman–Crippen MR) is 97.2 cm³/mol. The molecule has 0 bridgehead atoms. The molecule has 1 aromatic heterocycles. The number of rotatable bonds is 5. The Kier molecular flexibility index (Phi) is 5.47. The number of aromatic nitrogens is 1. The summed E-state index contributed by atoms with van der Waals surface area (Å²) in [5, 5.41) is 1.57. The molecule has 0 amide bonds. The largest absolute Gasteiger partial charge is 0.338 e. The van der Waals surface area contributed by atoms with Crippen LogP contribution in [-0.2, 0) is 17.6 Å². The minimum atomic E-state index is -0.667. The lowest BCUT2D eigenvalue weighted by molar-refractivity contribution is -0.154. The summed E-state index contributed by atoms with van der Waals surface area (Å²) in [7, 11) is 0. The van der Waals surface area contributed by atoms with E-state index in [0.29, 0.717) is 11.8 Å². The van der Waals surface area contributed by atoms with Crippen molar-refractivity contribution in [1.82, 2.24) is 4.73 Å². The monoisotopic (exact) mass is 329 g/mol. The zero-order valence-electron chi connectivity index (χ0n) is 15.3. The lowest BCUT2D eigenvalue weighted by Gasteiger charge is -2.22. The summed E-state index contributed by atoms with van der Waals surface area (Å²) < 4.78 is 1.24. The van der Waals surface area contributed by atoms with Crippen molar-refractivity contribution in [2.24, 2.45) is 5.41 Å². The Bertz CT molecular complexity index is 797. The van der Waals surface area contributed by atoms with Crippen LogP contribution >= 0.6 is 0 Å². The molecular weight excluding hydrogens is 302 g/mol. The first-order valence-corrected chi connectivity index (χ1v) is 8.69. The number of hydrogen-bond acceptors (Lipinski definition) is 3. The van der Waals surface area contributed by atoms with Gasteiger partial charge in [-0.15, -0.1) is 4.73 Å². The van der Waals surface area contributed by atoms with Crippen molar-refractivity contribution in [3.05, 3.63) is 45.9 Å². The summed E-state index contributed by atoms with van der Waals surface area (Å²) in [5.74, 6) is -0.403. The fraction of sp³-hybridized carbons (Fsp3) is 0.500. The van der Waals surface area contributed by atoms with Gasteiger partial charge in [-0.05, 0) is 50.6 Å². The molecule has 0 aliphatic heterocycles. The van der Waals surface area contributed by atoms with E-state index in [9.17, 15) is 9.59 Å². The Balaban J connectivity index is 2.76. The minimum absolute atomic E-state index is 0.258. The molecule has 0 unspecified atom stereocenters. The summed E-state index contributed by atoms with van der Waals surface area (Å²) in [6.45, 7) is 9.53. The molecule has 4 heteroatoms. The Labute approximate surface area is 143 Å². The van der Waals surface area contributed by atoms with Gasteiger partial charge in [-0.1, -0.05) is 44.9 Å². The summed E-state index contributed by atoms with van der Waals surface area (Å²) in [6, 6.07) is 7.57. The average Bonchev–Trinajstić information content (AvgIpc) is 2.53. The van der Waals surface area contributed by atoms with E-state index >= 15 is 0 Å². The first-order valence-electron chi connectivity index (χ1n) is 8.69. The Morgan fingerprint density at radius 3 is 2.17 bits per heavy atom. The number of carbonyl (C=O) groups excluding carboxylic acids is 1. The van der Waals surface area contributed by atoms with Crippen molar-refractivity contribution >= 4 is 16.7 Å². The molecule has 1 aromatic carbocycles. The van der Waals surface area contributed by atoms with Crippen LogP contribution in [0.1, 0.15) is 58.7 Å². The van der Waals surface area contributed by atoms with Crippen LogP contribution < -0.4 is 10.4 Å². The average molecular weight is 329 g/mol. The lowest BCUT2D eigenvalue weighted by atomic mass is 9.97. The zero-order chi connectivity index (χ0) is 17.9. The summed E-state index contributed by atoms with van der Waals surface area (Å²) in [5.41, 5.74) is 1.00. The third-order valence-corrected chi connectivity index (χ3v) is 4.03. The predicted octanol–water partition coefficient (Wildman–Crippen LogP) is 3.91. The number of carbonyl (C=O) groups is 1. The minimum Gasteiger partial charge on any atom is -0.333 e. The summed E-state index contributed by atoms with van der Waals surface area (Å²) >= 11 is 0. The van der Waals surface area contributed by atoms with Crippen molar-refractivity contribution in [3.8, 4) is 0 Å². The van der Waals surface area contributed by atoms with Crippen LogP contribution in [0.5, 0.6) is 0 Å². The Hall–Kier alpha value is -2.10. The quantitative estimate of drug-likeness (QED) is 0.835. The van der Waals surface area contributed by atoms with Crippen molar-refractivity contribution in [2.45, 2.75) is 60.3 Å². The van der Waals surface area contributed by atoms with Crippen LogP contribution in [0.25, 0.3) is 10.8 Å². The first kappa shape index (κ1) is 18.2. The molecule has 0 N–H and O–H groups in total. The fourth-order valence-corrected chi connectivity index (χ4v) is 2.78. The second kappa shape index (κ2) is 7.20. The third kappa shape index (κ3) is 3.53. The molecule has 0 atom stereocenters. The van der Waals surface area contributed by atoms with Gasteiger partial charge in [0, 0.05) is 0 Å². The third-order valence-electron chi connectivity index (χ3n) is 4.03. The maximum atomic E-state index is 12.9. The van der Waals surface area contributed by atoms with Crippen molar-refractivity contribution in [2.75, 3.05) is 0 Å². The highest BCUT2D eigenvalue weighted by Gasteiger charge is 2.26. The van der Waals surface area contributed by atoms with Gasteiger partial charge < -0.3 is 4.84 Å². The van der Waals surface area contributed by atoms with Crippen LogP contribution in [0.4, 0.5) is 0 Å². The maximum Gasteiger partial charge on any atom is 0.338 e. The summed E-state index contributed by atoms with van der Waals surface area (Å²) in [4.78, 5) is 30.8. The van der Waals surface area contributed by atoms with E-state index in [0.717, 1.165) is 35.9 Å². The normalized spacial score (nSPS) is 11.7. The lowest BCUT2D eigenvalue weighted by Crippen LogP contribution is -2.39. The van der Waals surface area contributed by atoms with Crippen molar-refractivity contribution in [1.29, 1.82) is 0 Å². The van der Waals surface area contributed by atoms with Gasteiger partial charge in [-0.2, -0.15) is 0 Å². The highest BCUT2D eigenvalue weighted by Crippen LogP contribution is 2.23. The van der Waals surface area contributed by atoms with E-state index in [4.69, 9.17) is 4.84 Å². The number of pyridine rings is 1. The van der Waals surface area contributed by atoms with Gasteiger partial charge >= 0.3 is 5.97 Å². The molecule has 0 radical (unpaired) electrons. The molecular formula is C20H27NO3. The van der Waals surface area contributed by atoms with E-state index in [1.54, 1.807) is 26.8 Å². The SMILES string of the molecule is CCCc1c(CCC)n(OC(=O)C(C)(C)C)c(=O)c2ccccc12. The van der Waals surface area contributed by atoms with Crippen molar-refractivity contribution < 1.29 is 9.63 Å². The molecule has 2 aromatic rings. The van der Waals surface area contributed by atoms with Crippen LogP contribution in [0.15, 0.2) is 29.1 Å². The number of aryl methyl sites for hydroxylation is 1.